The average Bonchev–Trinajstić information content (AvgIpc) is 2.59. The van der Waals surface area contributed by atoms with Crippen molar-refractivity contribution >= 4 is 17.7 Å². The molecule has 1 N–H and O–H groups in total. The van der Waals surface area contributed by atoms with Gasteiger partial charge < -0.3 is 14.8 Å². The summed E-state index contributed by atoms with van der Waals surface area (Å²) in [5.41, 5.74) is 4.17. The molecule has 0 fully saturated rings. The van der Waals surface area contributed by atoms with Gasteiger partial charge in [0.15, 0.2) is 0 Å². The van der Waals surface area contributed by atoms with E-state index in [1.165, 1.54) is 14.2 Å². The zero-order valence-electron chi connectivity index (χ0n) is 12.9. The van der Waals surface area contributed by atoms with Crippen molar-refractivity contribution in [1.29, 1.82) is 0 Å². The lowest BCUT2D eigenvalue weighted by Gasteiger charge is -2.06. The molecule has 114 valence electrons. The molecular formula is C18H19NO3. The van der Waals surface area contributed by atoms with Gasteiger partial charge in [0.2, 0.25) is 5.76 Å². The molecule has 0 saturated carbocycles. The Morgan fingerprint density at radius 1 is 1.00 bits per heavy atom. The number of rotatable bonds is 5. The fraction of sp³-hybridized carbons (Fsp3) is 0.167. The second-order valence-corrected chi connectivity index (χ2v) is 4.66. The summed E-state index contributed by atoms with van der Waals surface area (Å²) in [6.45, 7) is 0. The number of esters is 1. The molecule has 0 heterocycles. The number of benzene rings is 2. The van der Waals surface area contributed by atoms with Crippen LogP contribution in [0.2, 0.25) is 0 Å². The molecule has 0 aromatic heterocycles. The quantitative estimate of drug-likeness (QED) is 0.521. The van der Waals surface area contributed by atoms with Gasteiger partial charge in [0.25, 0.3) is 0 Å². The zero-order valence-corrected chi connectivity index (χ0v) is 12.9. The molecule has 0 bridgehead atoms. The van der Waals surface area contributed by atoms with E-state index in [-0.39, 0.29) is 5.76 Å². The summed E-state index contributed by atoms with van der Waals surface area (Å²) >= 11 is 0. The van der Waals surface area contributed by atoms with Crippen LogP contribution in [-0.4, -0.2) is 27.2 Å². The predicted molar refractivity (Wildman–Crippen MR) is 88.4 cm³/mol. The lowest BCUT2D eigenvalue weighted by Crippen LogP contribution is -2.06. The molecule has 0 aliphatic rings. The third-order valence-corrected chi connectivity index (χ3v) is 3.30. The van der Waals surface area contributed by atoms with Gasteiger partial charge in [0.1, 0.15) is 0 Å². The number of hydrogen-bond donors (Lipinski definition) is 1. The van der Waals surface area contributed by atoms with Crippen molar-refractivity contribution in [2.45, 2.75) is 0 Å². The maximum absolute atomic E-state index is 11.5. The maximum atomic E-state index is 11.5. The Hall–Kier alpha value is -2.75. The summed E-state index contributed by atoms with van der Waals surface area (Å²) in [4.78, 5) is 11.5. The van der Waals surface area contributed by atoms with Crippen LogP contribution in [0.3, 0.4) is 0 Å². The van der Waals surface area contributed by atoms with Gasteiger partial charge in [-0.25, -0.2) is 4.79 Å². The highest BCUT2D eigenvalue weighted by molar-refractivity contribution is 5.91. The van der Waals surface area contributed by atoms with E-state index in [4.69, 9.17) is 4.74 Å². The number of carbonyl (C=O) groups is 1. The topological polar surface area (TPSA) is 47.6 Å². The first kappa shape index (κ1) is 15.6. The van der Waals surface area contributed by atoms with Crippen LogP contribution in [0.4, 0.5) is 5.69 Å². The largest absolute Gasteiger partial charge is 0.490 e. The van der Waals surface area contributed by atoms with Gasteiger partial charge in [-0.15, -0.1) is 0 Å². The molecule has 0 amide bonds. The van der Waals surface area contributed by atoms with E-state index in [1.807, 2.05) is 43.4 Å². The molecule has 0 aliphatic carbocycles. The Morgan fingerprint density at radius 2 is 1.73 bits per heavy atom. The van der Waals surface area contributed by atoms with E-state index in [9.17, 15) is 4.79 Å². The smallest absolute Gasteiger partial charge is 0.373 e. The summed E-state index contributed by atoms with van der Waals surface area (Å²) in [5, 5.41) is 3.12. The molecule has 0 unspecified atom stereocenters. The van der Waals surface area contributed by atoms with Crippen LogP contribution in [0.1, 0.15) is 5.56 Å². The molecule has 2 aromatic carbocycles. The van der Waals surface area contributed by atoms with E-state index in [1.54, 1.807) is 6.08 Å². The summed E-state index contributed by atoms with van der Waals surface area (Å²) in [7, 11) is 4.67. The third kappa shape index (κ3) is 3.67. The first-order chi connectivity index (χ1) is 10.7. The van der Waals surface area contributed by atoms with E-state index < -0.39 is 5.97 Å². The van der Waals surface area contributed by atoms with Crippen LogP contribution in [0.25, 0.3) is 17.2 Å². The van der Waals surface area contributed by atoms with Crippen molar-refractivity contribution < 1.29 is 14.3 Å². The van der Waals surface area contributed by atoms with Gasteiger partial charge >= 0.3 is 5.97 Å². The number of carbonyl (C=O) groups excluding carboxylic acids is 1. The molecule has 22 heavy (non-hydrogen) atoms. The average molecular weight is 297 g/mol. The zero-order chi connectivity index (χ0) is 15.9. The second-order valence-electron chi connectivity index (χ2n) is 4.66. The van der Waals surface area contributed by atoms with Crippen molar-refractivity contribution in [2.75, 3.05) is 26.6 Å². The highest BCUT2D eigenvalue weighted by atomic mass is 16.6. The van der Waals surface area contributed by atoms with Crippen molar-refractivity contribution in [3.63, 3.8) is 0 Å². The monoisotopic (exact) mass is 297 g/mol. The van der Waals surface area contributed by atoms with Crippen LogP contribution in [0, 0.1) is 0 Å². The van der Waals surface area contributed by atoms with Crippen LogP contribution in [-0.2, 0) is 14.3 Å². The van der Waals surface area contributed by atoms with E-state index >= 15 is 0 Å². The highest BCUT2D eigenvalue weighted by Crippen LogP contribution is 2.23. The molecule has 2 rings (SSSR count). The minimum Gasteiger partial charge on any atom is -0.490 e. The standard InChI is InChI=1S/C18H19NO3/c1-19-16-6-4-5-15(12-16)14-9-7-13(8-10-14)11-17(21-2)18(20)22-3/h4-12,19H,1-3H3/b17-11-. The van der Waals surface area contributed by atoms with Crippen molar-refractivity contribution in [3.05, 3.63) is 59.9 Å². The molecule has 0 saturated heterocycles. The van der Waals surface area contributed by atoms with Crippen molar-refractivity contribution in [2.24, 2.45) is 0 Å². The van der Waals surface area contributed by atoms with E-state index in [0.717, 1.165) is 22.4 Å². The van der Waals surface area contributed by atoms with Crippen molar-refractivity contribution in [3.8, 4) is 11.1 Å². The van der Waals surface area contributed by atoms with Crippen molar-refractivity contribution in [1.82, 2.24) is 0 Å². The number of ether oxygens (including phenoxy) is 2. The molecule has 0 radical (unpaired) electrons. The summed E-state index contributed by atoms with van der Waals surface area (Å²) < 4.78 is 9.69. The fourth-order valence-electron chi connectivity index (χ4n) is 2.08. The van der Waals surface area contributed by atoms with E-state index in [0.29, 0.717) is 0 Å². The molecule has 0 aliphatic heterocycles. The second kappa shape index (κ2) is 7.31. The van der Waals surface area contributed by atoms with Gasteiger partial charge in [-0.2, -0.15) is 0 Å². The van der Waals surface area contributed by atoms with Gasteiger partial charge in [0, 0.05) is 12.7 Å². The Kier molecular flexibility index (Phi) is 5.20. The van der Waals surface area contributed by atoms with Crippen LogP contribution in [0.5, 0.6) is 0 Å². The Morgan fingerprint density at radius 3 is 2.32 bits per heavy atom. The normalized spacial score (nSPS) is 11.0. The highest BCUT2D eigenvalue weighted by Gasteiger charge is 2.09. The molecule has 0 spiro atoms. The van der Waals surface area contributed by atoms with Crippen LogP contribution < -0.4 is 5.32 Å². The Labute approximate surface area is 130 Å². The number of anilines is 1. The summed E-state index contributed by atoms with van der Waals surface area (Å²) in [6, 6.07) is 16.0. The molecule has 2 aromatic rings. The minimum absolute atomic E-state index is 0.174. The molecule has 0 atom stereocenters. The van der Waals surface area contributed by atoms with E-state index in [2.05, 4.69) is 22.2 Å². The first-order valence-corrected chi connectivity index (χ1v) is 6.90. The lowest BCUT2D eigenvalue weighted by molar-refractivity contribution is -0.139. The van der Waals surface area contributed by atoms with Gasteiger partial charge in [-0.3, -0.25) is 0 Å². The number of methoxy groups -OCH3 is 2. The predicted octanol–water partition coefficient (Wildman–Crippen LogP) is 3.56. The van der Waals surface area contributed by atoms with Gasteiger partial charge in [-0.05, 0) is 34.9 Å². The SMILES string of the molecule is CNc1cccc(-c2ccc(/C=C(\OC)C(=O)OC)cc2)c1. The van der Waals surface area contributed by atoms with Crippen LogP contribution in [0.15, 0.2) is 54.3 Å². The third-order valence-electron chi connectivity index (χ3n) is 3.30. The fourth-order valence-corrected chi connectivity index (χ4v) is 2.08. The minimum atomic E-state index is -0.492. The maximum Gasteiger partial charge on any atom is 0.373 e. The molecule has 4 nitrogen and oxygen atoms in total. The Balaban J connectivity index is 2.26. The summed E-state index contributed by atoms with van der Waals surface area (Å²) in [6.07, 6.45) is 1.65. The number of nitrogens with one attached hydrogen (secondary N) is 1. The summed E-state index contributed by atoms with van der Waals surface area (Å²) in [5.74, 6) is -0.319. The van der Waals surface area contributed by atoms with Gasteiger partial charge in [0.05, 0.1) is 14.2 Å². The van der Waals surface area contributed by atoms with Gasteiger partial charge in [-0.1, -0.05) is 36.4 Å². The first-order valence-electron chi connectivity index (χ1n) is 6.90. The van der Waals surface area contributed by atoms with Crippen LogP contribution >= 0.6 is 0 Å². The number of hydrogen-bond acceptors (Lipinski definition) is 4. The lowest BCUT2D eigenvalue weighted by atomic mass is 10.0. The Bertz CT molecular complexity index is 675. The molecular weight excluding hydrogens is 278 g/mol. The molecule has 4 heteroatoms.